The topological polar surface area (TPSA) is 67.3 Å². The molecule has 18 heavy (non-hydrogen) atoms. The summed E-state index contributed by atoms with van der Waals surface area (Å²) in [6.07, 6.45) is 0. The minimum absolute atomic E-state index is 0.0763. The van der Waals surface area contributed by atoms with Crippen molar-refractivity contribution in [1.29, 1.82) is 0 Å². The highest BCUT2D eigenvalue weighted by molar-refractivity contribution is 7.86. The number of nitrogens with zero attached hydrogens (tertiary/aromatic N) is 1. The van der Waals surface area contributed by atoms with E-state index in [4.69, 9.17) is 0 Å². The van der Waals surface area contributed by atoms with E-state index in [0.717, 1.165) is 20.6 Å². The zero-order chi connectivity index (χ0) is 12.9. The van der Waals surface area contributed by atoms with Crippen LogP contribution in [0.4, 0.5) is 0 Å². The molecule has 2 aromatic carbocycles. The first-order chi connectivity index (χ1) is 8.47. The number of rotatable bonds is 1. The number of benzene rings is 2. The van der Waals surface area contributed by atoms with Gasteiger partial charge < -0.3 is 0 Å². The summed E-state index contributed by atoms with van der Waals surface area (Å²) in [5.74, 6) is 0. The number of fused-ring (bicyclic) bond motifs is 3. The van der Waals surface area contributed by atoms with Crippen LogP contribution in [-0.2, 0) is 10.1 Å². The van der Waals surface area contributed by atoms with Gasteiger partial charge in [-0.15, -0.1) is 11.3 Å². The van der Waals surface area contributed by atoms with Crippen LogP contribution in [0.5, 0.6) is 0 Å². The van der Waals surface area contributed by atoms with E-state index in [1.165, 1.54) is 6.07 Å². The van der Waals surface area contributed by atoms with Crippen LogP contribution in [0.1, 0.15) is 5.01 Å². The number of hydrogen-bond donors (Lipinski definition) is 1. The van der Waals surface area contributed by atoms with Gasteiger partial charge in [-0.05, 0) is 19.1 Å². The van der Waals surface area contributed by atoms with Crippen molar-refractivity contribution < 1.29 is 13.0 Å². The smallest absolute Gasteiger partial charge is 0.282 e. The summed E-state index contributed by atoms with van der Waals surface area (Å²) in [6.45, 7) is 1.91. The fraction of sp³-hybridized carbons (Fsp3) is 0.0833. The third-order valence-corrected chi connectivity index (χ3v) is 4.61. The summed E-state index contributed by atoms with van der Waals surface area (Å²) in [4.78, 5) is 4.33. The molecule has 0 aliphatic carbocycles. The van der Waals surface area contributed by atoms with Gasteiger partial charge in [-0.1, -0.05) is 18.2 Å². The molecule has 4 nitrogen and oxygen atoms in total. The van der Waals surface area contributed by atoms with Crippen molar-refractivity contribution in [3.05, 3.63) is 35.3 Å². The lowest BCUT2D eigenvalue weighted by Crippen LogP contribution is -1.98. The van der Waals surface area contributed by atoms with Crippen LogP contribution in [0.25, 0.3) is 21.0 Å². The SMILES string of the molecule is Cc1nc2c(ccc3c(S(=O)(=O)O)cccc32)s1. The van der Waals surface area contributed by atoms with Gasteiger partial charge in [0.1, 0.15) is 4.90 Å². The van der Waals surface area contributed by atoms with Gasteiger partial charge in [0.25, 0.3) is 10.1 Å². The van der Waals surface area contributed by atoms with Gasteiger partial charge >= 0.3 is 0 Å². The molecule has 92 valence electrons. The fourth-order valence-electron chi connectivity index (χ4n) is 2.06. The second-order valence-electron chi connectivity index (χ2n) is 3.97. The molecule has 0 aliphatic rings. The van der Waals surface area contributed by atoms with Crippen molar-refractivity contribution in [2.75, 3.05) is 0 Å². The number of hydrogen-bond acceptors (Lipinski definition) is 4. The molecule has 0 aliphatic heterocycles. The molecule has 0 saturated heterocycles. The summed E-state index contributed by atoms with van der Waals surface area (Å²) in [5, 5.41) is 2.17. The molecule has 0 fully saturated rings. The van der Waals surface area contributed by atoms with Crippen molar-refractivity contribution in [2.24, 2.45) is 0 Å². The van der Waals surface area contributed by atoms with Crippen LogP contribution in [-0.4, -0.2) is 18.0 Å². The van der Waals surface area contributed by atoms with Crippen molar-refractivity contribution in [3.8, 4) is 0 Å². The molecule has 3 aromatic rings. The number of thiazole rings is 1. The molecule has 0 amide bonds. The molecule has 0 saturated carbocycles. The molecule has 0 bridgehead atoms. The Hall–Kier alpha value is -1.50. The minimum atomic E-state index is -4.22. The Morgan fingerprint density at radius 2 is 1.94 bits per heavy atom. The maximum atomic E-state index is 11.3. The van der Waals surface area contributed by atoms with Gasteiger partial charge in [-0.3, -0.25) is 4.55 Å². The van der Waals surface area contributed by atoms with Crippen LogP contribution >= 0.6 is 11.3 Å². The van der Waals surface area contributed by atoms with Gasteiger partial charge in [-0.2, -0.15) is 8.42 Å². The van der Waals surface area contributed by atoms with Gasteiger partial charge in [0.2, 0.25) is 0 Å². The van der Waals surface area contributed by atoms with Crippen LogP contribution < -0.4 is 0 Å². The second kappa shape index (κ2) is 3.74. The zero-order valence-electron chi connectivity index (χ0n) is 9.41. The maximum absolute atomic E-state index is 11.3. The van der Waals surface area contributed by atoms with E-state index < -0.39 is 10.1 Å². The summed E-state index contributed by atoms with van der Waals surface area (Å²) < 4.78 is 32.9. The highest BCUT2D eigenvalue weighted by Crippen LogP contribution is 2.32. The van der Waals surface area contributed by atoms with E-state index in [0.29, 0.717) is 5.39 Å². The molecule has 1 heterocycles. The molecule has 0 unspecified atom stereocenters. The largest absolute Gasteiger partial charge is 0.295 e. The Bertz CT molecular complexity index is 866. The quantitative estimate of drug-likeness (QED) is 0.695. The van der Waals surface area contributed by atoms with Crippen molar-refractivity contribution in [3.63, 3.8) is 0 Å². The Kier molecular flexibility index (Phi) is 2.41. The standard InChI is InChI=1S/C12H9NO3S2/c1-7-13-12-9-3-2-4-11(18(14,15)16)8(9)5-6-10(12)17-7/h2-6H,1H3,(H,14,15,16). The highest BCUT2D eigenvalue weighted by Gasteiger charge is 2.15. The lowest BCUT2D eigenvalue weighted by molar-refractivity contribution is 0.484. The lowest BCUT2D eigenvalue weighted by atomic mass is 10.1. The third kappa shape index (κ3) is 1.69. The van der Waals surface area contributed by atoms with Gasteiger partial charge in [0.15, 0.2) is 0 Å². The maximum Gasteiger partial charge on any atom is 0.295 e. The summed E-state index contributed by atoms with van der Waals surface area (Å²) in [7, 11) is -4.22. The fourth-order valence-corrected chi connectivity index (χ4v) is 3.61. The predicted molar refractivity (Wildman–Crippen MR) is 71.7 cm³/mol. The normalized spacial score (nSPS) is 12.3. The molecular formula is C12H9NO3S2. The Balaban J connectivity index is 2.54. The van der Waals surface area contributed by atoms with E-state index in [1.54, 1.807) is 23.5 Å². The first-order valence-corrected chi connectivity index (χ1v) is 7.49. The van der Waals surface area contributed by atoms with Crippen LogP contribution in [0.15, 0.2) is 35.2 Å². The lowest BCUT2D eigenvalue weighted by Gasteiger charge is -2.03. The Morgan fingerprint density at radius 1 is 1.17 bits per heavy atom. The Morgan fingerprint density at radius 3 is 2.67 bits per heavy atom. The van der Waals surface area contributed by atoms with Gasteiger partial charge in [0, 0.05) is 10.8 Å². The average Bonchev–Trinajstić information content (AvgIpc) is 2.67. The van der Waals surface area contributed by atoms with E-state index >= 15 is 0 Å². The predicted octanol–water partition coefficient (Wildman–Crippen LogP) is 3.00. The van der Waals surface area contributed by atoms with Crippen molar-refractivity contribution in [1.82, 2.24) is 4.98 Å². The zero-order valence-corrected chi connectivity index (χ0v) is 11.0. The first-order valence-electron chi connectivity index (χ1n) is 5.23. The highest BCUT2D eigenvalue weighted by atomic mass is 32.2. The Labute approximate surface area is 108 Å². The molecule has 1 aromatic heterocycles. The molecule has 0 atom stereocenters. The van der Waals surface area contributed by atoms with Crippen molar-refractivity contribution in [2.45, 2.75) is 11.8 Å². The summed E-state index contributed by atoms with van der Waals surface area (Å²) in [5.41, 5.74) is 0.778. The molecular weight excluding hydrogens is 270 g/mol. The molecule has 6 heteroatoms. The molecule has 1 N–H and O–H groups in total. The van der Waals surface area contributed by atoms with E-state index in [1.807, 2.05) is 19.1 Å². The van der Waals surface area contributed by atoms with E-state index in [2.05, 4.69) is 4.98 Å². The second-order valence-corrected chi connectivity index (χ2v) is 6.60. The average molecular weight is 279 g/mol. The molecule has 0 radical (unpaired) electrons. The monoisotopic (exact) mass is 279 g/mol. The first kappa shape index (κ1) is 11.6. The summed E-state index contributed by atoms with van der Waals surface area (Å²) in [6, 6.07) is 8.35. The van der Waals surface area contributed by atoms with Gasteiger partial charge in [-0.25, -0.2) is 4.98 Å². The molecule has 3 rings (SSSR count). The number of aromatic nitrogens is 1. The number of aryl methyl sites for hydroxylation is 1. The van der Waals surface area contributed by atoms with Crippen LogP contribution in [0.2, 0.25) is 0 Å². The van der Waals surface area contributed by atoms with Crippen LogP contribution in [0, 0.1) is 6.92 Å². The molecule has 0 spiro atoms. The van der Waals surface area contributed by atoms with Crippen LogP contribution in [0.3, 0.4) is 0 Å². The summed E-state index contributed by atoms with van der Waals surface area (Å²) >= 11 is 1.56. The van der Waals surface area contributed by atoms with Gasteiger partial charge in [0.05, 0.1) is 15.2 Å². The van der Waals surface area contributed by atoms with E-state index in [-0.39, 0.29) is 4.90 Å². The van der Waals surface area contributed by atoms with Crippen molar-refractivity contribution >= 4 is 42.4 Å². The third-order valence-electron chi connectivity index (χ3n) is 2.76. The minimum Gasteiger partial charge on any atom is -0.282 e. The van der Waals surface area contributed by atoms with E-state index in [9.17, 15) is 13.0 Å².